The van der Waals surface area contributed by atoms with Gasteiger partial charge in [0.1, 0.15) is 11.6 Å². The molecule has 0 amide bonds. The van der Waals surface area contributed by atoms with Gasteiger partial charge in [-0.2, -0.15) is 10.4 Å². The van der Waals surface area contributed by atoms with Crippen LogP contribution in [-0.2, 0) is 13.0 Å². The zero-order valence-corrected chi connectivity index (χ0v) is 12.6. The Morgan fingerprint density at radius 2 is 2.20 bits per heavy atom. The van der Waals surface area contributed by atoms with Gasteiger partial charge in [0.15, 0.2) is 0 Å². The van der Waals surface area contributed by atoms with Crippen molar-refractivity contribution in [2.24, 2.45) is 0 Å². The maximum absolute atomic E-state index is 12.2. The van der Waals surface area contributed by atoms with Crippen LogP contribution >= 0.6 is 11.3 Å². The molecule has 0 fully saturated rings. The first-order chi connectivity index (χ1) is 9.56. The Labute approximate surface area is 121 Å². The summed E-state index contributed by atoms with van der Waals surface area (Å²) in [5.74, 6) is 0. The fraction of sp³-hybridized carbons (Fsp3) is 0.429. The fourth-order valence-electron chi connectivity index (χ4n) is 1.91. The molecule has 0 radical (unpaired) electrons. The van der Waals surface area contributed by atoms with E-state index >= 15 is 0 Å². The van der Waals surface area contributed by atoms with Gasteiger partial charge in [-0.15, -0.1) is 11.3 Å². The highest BCUT2D eigenvalue weighted by Crippen LogP contribution is 2.12. The van der Waals surface area contributed by atoms with Crippen molar-refractivity contribution in [2.75, 3.05) is 0 Å². The molecule has 0 bridgehead atoms. The van der Waals surface area contributed by atoms with Gasteiger partial charge in [-0.25, -0.2) is 9.67 Å². The molecule has 5 nitrogen and oxygen atoms in total. The maximum atomic E-state index is 12.2. The van der Waals surface area contributed by atoms with Gasteiger partial charge in [0.25, 0.3) is 5.56 Å². The molecule has 0 atom stereocenters. The Morgan fingerprint density at radius 3 is 2.85 bits per heavy atom. The number of nitriles is 1. The Bertz CT molecular complexity index is 724. The molecule has 0 spiro atoms. The van der Waals surface area contributed by atoms with Crippen molar-refractivity contribution in [1.29, 1.82) is 5.26 Å². The van der Waals surface area contributed by atoms with E-state index in [1.165, 1.54) is 4.68 Å². The number of aromatic nitrogens is 3. The molecule has 2 rings (SSSR count). The van der Waals surface area contributed by atoms with Crippen LogP contribution in [0.3, 0.4) is 0 Å². The summed E-state index contributed by atoms with van der Waals surface area (Å²) < 4.78 is 1.33. The van der Waals surface area contributed by atoms with Gasteiger partial charge < -0.3 is 0 Å². The highest BCUT2D eigenvalue weighted by atomic mass is 32.1. The topological polar surface area (TPSA) is 71.6 Å². The van der Waals surface area contributed by atoms with Crippen molar-refractivity contribution >= 4 is 11.3 Å². The summed E-state index contributed by atoms with van der Waals surface area (Å²) >= 11 is 1.60. The van der Waals surface area contributed by atoms with E-state index < -0.39 is 0 Å². The fourth-order valence-corrected chi connectivity index (χ4v) is 2.81. The number of thiazole rings is 1. The minimum atomic E-state index is -0.347. The molecule has 104 valence electrons. The van der Waals surface area contributed by atoms with E-state index in [-0.39, 0.29) is 11.1 Å². The van der Waals surface area contributed by atoms with Crippen LogP contribution in [-0.4, -0.2) is 14.8 Å². The molecule has 0 N–H and O–H groups in total. The van der Waals surface area contributed by atoms with Crippen LogP contribution in [0.4, 0.5) is 0 Å². The first-order valence-corrected chi connectivity index (χ1v) is 7.36. The van der Waals surface area contributed by atoms with Crippen molar-refractivity contribution in [3.63, 3.8) is 0 Å². The second-order valence-corrected chi connectivity index (χ2v) is 5.59. The first kappa shape index (κ1) is 14.4. The lowest BCUT2D eigenvalue weighted by Gasteiger charge is -2.07. The monoisotopic (exact) mass is 288 g/mol. The smallest absolute Gasteiger partial charge is 0.266 e. The van der Waals surface area contributed by atoms with Crippen LogP contribution in [0.1, 0.15) is 40.9 Å². The van der Waals surface area contributed by atoms with Crippen LogP contribution in [0.25, 0.3) is 0 Å². The van der Waals surface area contributed by atoms with E-state index in [2.05, 4.69) is 17.0 Å². The van der Waals surface area contributed by atoms with Crippen molar-refractivity contribution in [3.8, 4) is 6.07 Å². The molecule has 0 aliphatic rings. The van der Waals surface area contributed by atoms with Crippen LogP contribution in [0.2, 0.25) is 0 Å². The van der Waals surface area contributed by atoms with Gasteiger partial charge in [-0.05, 0) is 32.3 Å². The summed E-state index contributed by atoms with van der Waals surface area (Å²) in [4.78, 5) is 16.6. The van der Waals surface area contributed by atoms with Gasteiger partial charge >= 0.3 is 0 Å². The lowest BCUT2D eigenvalue weighted by Crippen LogP contribution is -2.28. The second-order valence-electron chi connectivity index (χ2n) is 4.64. The molecule has 2 aromatic heterocycles. The summed E-state index contributed by atoms with van der Waals surface area (Å²) in [6, 6.07) is 1.96. The lowest BCUT2D eigenvalue weighted by atomic mass is 10.1. The second kappa shape index (κ2) is 5.97. The quantitative estimate of drug-likeness (QED) is 0.864. The summed E-state index contributed by atoms with van der Waals surface area (Å²) in [7, 11) is 0. The Kier molecular flexibility index (Phi) is 4.30. The molecule has 0 aromatic carbocycles. The van der Waals surface area contributed by atoms with Crippen LogP contribution in [0.5, 0.6) is 0 Å². The van der Waals surface area contributed by atoms with Gasteiger partial charge in [0, 0.05) is 5.38 Å². The van der Waals surface area contributed by atoms with Crippen molar-refractivity contribution in [2.45, 2.75) is 40.2 Å². The maximum Gasteiger partial charge on any atom is 0.285 e. The molecule has 0 saturated heterocycles. The molecule has 0 aliphatic carbocycles. The minimum Gasteiger partial charge on any atom is -0.266 e. The average Bonchev–Trinajstić information content (AvgIpc) is 2.85. The predicted octanol–water partition coefficient (Wildman–Crippen LogP) is 2.19. The van der Waals surface area contributed by atoms with Crippen LogP contribution < -0.4 is 5.56 Å². The van der Waals surface area contributed by atoms with E-state index in [0.29, 0.717) is 17.8 Å². The average molecular weight is 288 g/mol. The predicted molar refractivity (Wildman–Crippen MR) is 77.9 cm³/mol. The number of hydrogen-bond acceptors (Lipinski definition) is 5. The lowest BCUT2D eigenvalue weighted by molar-refractivity contribution is 0.613. The van der Waals surface area contributed by atoms with Crippen molar-refractivity contribution in [3.05, 3.63) is 43.3 Å². The third-order valence-corrected chi connectivity index (χ3v) is 4.08. The van der Waals surface area contributed by atoms with Crippen LogP contribution in [0, 0.1) is 25.2 Å². The molecule has 0 aliphatic heterocycles. The summed E-state index contributed by atoms with van der Waals surface area (Å²) in [5.41, 5.74) is 1.99. The van der Waals surface area contributed by atoms with Crippen molar-refractivity contribution in [1.82, 2.24) is 14.8 Å². The molecule has 2 aromatic rings. The summed E-state index contributed by atoms with van der Waals surface area (Å²) in [6.45, 7) is 5.97. The van der Waals surface area contributed by atoms with E-state index in [1.54, 1.807) is 25.2 Å². The third kappa shape index (κ3) is 2.78. The molecular formula is C14H16N4OS. The Balaban J connectivity index is 2.36. The normalized spacial score (nSPS) is 10.5. The molecule has 2 heterocycles. The summed E-state index contributed by atoms with van der Waals surface area (Å²) in [6.07, 6.45) is 2.00. The standard InChI is InChI=1S/C14H16N4OS/c1-4-5-13-16-11(8-20-13)7-18-14(19)12(6-15)9(2)10(3)17-18/h8H,4-5,7H2,1-3H3. The van der Waals surface area contributed by atoms with E-state index in [4.69, 9.17) is 5.26 Å². The first-order valence-electron chi connectivity index (χ1n) is 6.48. The Hall–Kier alpha value is -2.00. The molecular weight excluding hydrogens is 272 g/mol. The zero-order chi connectivity index (χ0) is 14.7. The van der Waals surface area contributed by atoms with E-state index in [0.717, 1.165) is 23.5 Å². The van der Waals surface area contributed by atoms with Crippen molar-refractivity contribution < 1.29 is 0 Å². The van der Waals surface area contributed by atoms with E-state index in [1.807, 2.05) is 11.4 Å². The minimum absolute atomic E-state index is 0.168. The molecule has 0 saturated carbocycles. The number of rotatable bonds is 4. The largest absolute Gasteiger partial charge is 0.285 e. The highest BCUT2D eigenvalue weighted by molar-refractivity contribution is 7.09. The summed E-state index contributed by atoms with van der Waals surface area (Å²) in [5, 5.41) is 16.3. The third-order valence-electron chi connectivity index (χ3n) is 3.12. The van der Waals surface area contributed by atoms with E-state index in [9.17, 15) is 4.79 Å². The van der Waals surface area contributed by atoms with Gasteiger partial charge in [0.2, 0.25) is 0 Å². The zero-order valence-electron chi connectivity index (χ0n) is 11.8. The SMILES string of the molecule is CCCc1nc(Cn2nc(C)c(C)c(C#N)c2=O)cs1. The Morgan fingerprint density at radius 1 is 1.45 bits per heavy atom. The van der Waals surface area contributed by atoms with Gasteiger partial charge in [-0.1, -0.05) is 6.92 Å². The van der Waals surface area contributed by atoms with Crippen LogP contribution in [0.15, 0.2) is 10.2 Å². The number of hydrogen-bond donors (Lipinski definition) is 0. The highest BCUT2D eigenvalue weighted by Gasteiger charge is 2.12. The molecule has 6 heteroatoms. The van der Waals surface area contributed by atoms with Gasteiger partial charge in [0.05, 0.1) is 22.9 Å². The van der Waals surface area contributed by atoms with Gasteiger partial charge in [-0.3, -0.25) is 4.79 Å². The number of aryl methyl sites for hydroxylation is 2. The molecule has 0 unspecified atom stereocenters. The number of nitrogens with zero attached hydrogens (tertiary/aromatic N) is 4. The molecule has 20 heavy (non-hydrogen) atoms.